The van der Waals surface area contributed by atoms with Crippen LogP contribution in [0, 0.1) is 35.5 Å². The van der Waals surface area contributed by atoms with E-state index in [0.29, 0.717) is 33.9 Å². The fourth-order valence-electron chi connectivity index (χ4n) is 5.77. The third kappa shape index (κ3) is 2.87. The molecule has 6 heteroatoms. The molecule has 0 aromatic heterocycles. The maximum absolute atomic E-state index is 13.2. The van der Waals surface area contributed by atoms with Crippen LogP contribution in [-0.4, -0.2) is 24.2 Å². The molecule has 5 aliphatic rings. The number of ketones is 1. The average Bonchev–Trinajstić information content (AvgIpc) is 3.56. The zero-order chi connectivity index (χ0) is 21.3. The van der Waals surface area contributed by atoms with Gasteiger partial charge in [-0.15, -0.1) is 0 Å². The number of halogens is 1. The monoisotopic (exact) mass is 433 g/mol. The number of carbonyl (C=O) groups is 3. The van der Waals surface area contributed by atoms with Gasteiger partial charge in [0.05, 0.1) is 17.5 Å². The Hall–Kier alpha value is -2.92. The molecule has 2 aromatic carbocycles. The van der Waals surface area contributed by atoms with Crippen LogP contribution in [0.25, 0.3) is 0 Å². The van der Waals surface area contributed by atoms with E-state index in [1.807, 2.05) is 0 Å². The Morgan fingerprint density at radius 1 is 0.903 bits per heavy atom. The fourth-order valence-corrected chi connectivity index (χ4v) is 5.90. The van der Waals surface area contributed by atoms with Crippen LogP contribution in [0.5, 0.6) is 5.75 Å². The SMILES string of the molecule is O=C(COc1ccc(N2C(=O)[C@@H]3[C@H]4C=C[C@@H]([C@@H]5C[C@@H]45)[C@@H]3C2=O)cc1)c1ccc(Cl)cc1. The van der Waals surface area contributed by atoms with E-state index in [4.69, 9.17) is 16.3 Å². The van der Waals surface area contributed by atoms with Crippen molar-refractivity contribution in [1.29, 1.82) is 0 Å². The van der Waals surface area contributed by atoms with Crippen LogP contribution in [0.2, 0.25) is 5.02 Å². The molecule has 2 aromatic rings. The molecule has 3 fully saturated rings. The molecule has 0 N–H and O–H groups in total. The van der Waals surface area contributed by atoms with Gasteiger partial charge < -0.3 is 4.74 Å². The highest BCUT2D eigenvalue weighted by molar-refractivity contribution is 6.30. The molecule has 1 saturated heterocycles. The number of amides is 2. The lowest BCUT2D eigenvalue weighted by atomic mass is 9.63. The Bertz CT molecular complexity index is 1090. The molecule has 0 unspecified atom stereocenters. The van der Waals surface area contributed by atoms with Gasteiger partial charge in [-0.25, -0.2) is 0 Å². The lowest BCUT2D eigenvalue weighted by molar-refractivity contribution is -0.124. The van der Waals surface area contributed by atoms with E-state index in [-0.39, 0.29) is 47.9 Å². The van der Waals surface area contributed by atoms with Gasteiger partial charge in [0.25, 0.3) is 0 Å². The van der Waals surface area contributed by atoms with Crippen LogP contribution in [0.3, 0.4) is 0 Å². The molecule has 1 aliphatic heterocycles. The maximum Gasteiger partial charge on any atom is 0.238 e. The van der Waals surface area contributed by atoms with Gasteiger partial charge in [0, 0.05) is 10.6 Å². The molecule has 2 amide bonds. The molecule has 0 radical (unpaired) electrons. The lowest BCUT2D eigenvalue weighted by Gasteiger charge is -2.37. The van der Waals surface area contributed by atoms with Crippen molar-refractivity contribution in [1.82, 2.24) is 0 Å². The lowest BCUT2D eigenvalue weighted by Crippen LogP contribution is -2.40. The Morgan fingerprint density at radius 3 is 2.06 bits per heavy atom. The third-order valence-electron chi connectivity index (χ3n) is 7.29. The van der Waals surface area contributed by atoms with Crippen LogP contribution in [0.4, 0.5) is 5.69 Å². The Morgan fingerprint density at radius 2 is 1.48 bits per heavy atom. The van der Waals surface area contributed by atoms with Crippen LogP contribution < -0.4 is 9.64 Å². The number of nitrogens with zero attached hydrogens (tertiary/aromatic N) is 1. The van der Waals surface area contributed by atoms with Crippen molar-refractivity contribution >= 4 is 34.9 Å². The molecule has 31 heavy (non-hydrogen) atoms. The van der Waals surface area contributed by atoms with E-state index < -0.39 is 0 Å². The predicted octanol–water partition coefficient (Wildman–Crippen LogP) is 4.16. The quantitative estimate of drug-likeness (QED) is 0.403. The molecular weight excluding hydrogens is 414 g/mol. The number of allylic oxidation sites excluding steroid dienone is 2. The summed E-state index contributed by atoms with van der Waals surface area (Å²) in [5.41, 5.74) is 1.09. The first-order valence-corrected chi connectivity index (χ1v) is 11.0. The molecule has 7 rings (SSSR count). The summed E-state index contributed by atoms with van der Waals surface area (Å²) in [6, 6.07) is 13.5. The second-order valence-corrected chi connectivity index (χ2v) is 9.32. The first-order chi connectivity index (χ1) is 15.0. The smallest absolute Gasteiger partial charge is 0.238 e. The average molecular weight is 434 g/mol. The van der Waals surface area contributed by atoms with Gasteiger partial charge in [0.2, 0.25) is 11.8 Å². The van der Waals surface area contributed by atoms with Crippen molar-refractivity contribution < 1.29 is 19.1 Å². The van der Waals surface area contributed by atoms with Crippen molar-refractivity contribution in [3.8, 4) is 5.75 Å². The molecule has 5 nitrogen and oxygen atoms in total. The van der Waals surface area contributed by atoms with E-state index in [0.717, 1.165) is 6.42 Å². The summed E-state index contributed by atoms with van der Waals surface area (Å²) in [7, 11) is 0. The number of ether oxygens (including phenoxy) is 1. The summed E-state index contributed by atoms with van der Waals surface area (Å²) >= 11 is 5.85. The van der Waals surface area contributed by atoms with Gasteiger partial charge in [-0.3, -0.25) is 19.3 Å². The van der Waals surface area contributed by atoms with Crippen LogP contribution in [0.15, 0.2) is 60.7 Å². The number of rotatable bonds is 5. The van der Waals surface area contributed by atoms with Gasteiger partial charge in [0.15, 0.2) is 12.4 Å². The first kappa shape index (κ1) is 18.8. The summed E-state index contributed by atoms with van der Waals surface area (Å²) in [6.07, 6.45) is 5.49. The summed E-state index contributed by atoms with van der Waals surface area (Å²) in [5.74, 6) is 1.37. The van der Waals surface area contributed by atoms with Gasteiger partial charge in [0.1, 0.15) is 5.75 Å². The number of hydrogen-bond donors (Lipinski definition) is 0. The molecule has 0 spiro atoms. The standard InChI is InChI=1S/C25H20ClNO4/c26-14-3-1-13(2-4-14)21(28)12-31-16-7-5-15(6-8-16)27-24(29)22-17-9-10-18(20-11-19(17)20)23(22)25(27)30/h1-10,17-20,22-23H,11-12H2/t17-,18-,19-,20-,22-,23+/m0/s1. The Labute approximate surface area is 184 Å². The first-order valence-electron chi connectivity index (χ1n) is 10.6. The minimum atomic E-state index is -0.209. The van der Waals surface area contributed by atoms with E-state index in [1.54, 1.807) is 48.5 Å². The second kappa shape index (κ2) is 6.79. The highest BCUT2D eigenvalue weighted by Gasteiger charge is 2.67. The zero-order valence-corrected chi connectivity index (χ0v) is 17.4. The van der Waals surface area contributed by atoms with Crippen molar-refractivity contribution in [2.75, 3.05) is 11.5 Å². The summed E-state index contributed by atoms with van der Waals surface area (Å²) in [6.45, 7) is -0.107. The topological polar surface area (TPSA) is 63.7 Å². The predicted molar refractivity (Wildman–Crippen MR) is 115 cm³/mol. The number of benzene rings is 2. The van der Waals surface area contributed by atoms with E-state index in [2.05, 4.69) is 12.2 Å². The normalized spacial score (nSPS) is 32.1. The minimum absolute atomic E-state index is 0.0775. The zero-order valence-electron chi connectivity index (χ0n) is 16.6. The number of carbonyl (C=O) groups excluding carboxylic acids is 3. The third-order valence-corrected chi connectivity index (χ3v) is 7.55. The van der Waals surface area contributed by atoms with Crippen LogP contribution in [-0.2, 0) is 9.59 Å². The van der Waals surface area contributed by atoms with Gasteiger partial charge in [-0.05, 0) is 78.6 Å². The van der Waals surface area contributed by atoms with Gasteiger partial charge in [-0.1, -0.05) is 23.8 Å². The fraction of sp³-hybridized carbons (Fsp3) is 0.320. The highest BCUT2D eigenvalue weighted by atomic mass is 35.5. The molecule has 4 aliphatic carbocycles. The van der Waals surface area contributed by atoms with Crippen molar-refractivity contribution in [2.24, 2.45) is 35.5 Å². The van der Waals surface area contributed by atoms with E-state index >= 15 is 0 Å². The summed E-state index contributed by atoms with van der Waals surface area (Å²) in [5, 5.41) is 0.569. The second-order valence-electron chi connectivity index (χ2n) is 8.88. The van der Waals surface area contributed by atoms with E-state index in [9.17, 15) is 14.4 Å². The minimum Gasteiger partial charge on any atom is -0.485 e. The summed E-state index contributed by atoms with van der Waals surface area (Å²) in [4.78, 5) is 40.0. The highest BCUT2D eigenvalue weighted by Crippen LogP contribution is 2.65. The van der Waals surface area contributed by atoms with Gasteiger partial charge in [-0.2, -0.15) is 0 Å². The molecule has 156 valence electrons. The summed E-state index contributed by atoms with van der Waals surface area (Å²) < 4.78 is 5.60. The molecule has 2 saturated carbocycles. The maximum atomic E-state index is 13.2. The number of imide groups is 1. The number of Topliss-reactive ketones (excluding diaryl/α,β-unsaturated/α-hetero) is 1. The molecular formula is C25H20ClNO4. The Kier molecular flexibility index (Phi) is 4.12. The Balaban J connectivity index is 1.16. The largest absolute Gasteiger partial charge is 0.485 e. The van der Waals surface area contributed by atoms with Crippen molar-refractivity contribution in [3.05, 3.63) is 71.3 Å². The molecule has 6 atom stereocenters. The number of anilines is 1. The van der Waals surface area contributed by atoms with Crippen molar-refractivity contribution in [2.45, 2.75) is 6.42 Å². The van der Waals surface area contributed by atoms with Crippen LogP contribution in [0.1, 0.15) is 16.8 Å². The van der Waals surface area contributed by atoms with Crippen LogP contribution >= 0.6 is 11.6 Å². The van der Waals surface area contributed by atoms with E-state index in [1.165, 1.54) is 4.90 Å². The molecule has 1 heterocycles. The van der Waals surface area contributed by atoms with Gasteiger partial charge >= 0.3 is 0 Å². The number of hydrogen-bond acceptors (Lipinski definition) is 4. The van der Waals surface area contributed by atoms with Crippen molar-refractivity contribution in [3.63, 3.8) is 0 Å². The molecule has 2 bridgehead atoms.